The Labute approximate surface area is 113 Å². The molecule has 0 aliphatic rings. The number of carbonyl (C=O) groups excluding carboxylic acids is 2. The summed E-state index contributed by atoms with van der Waals surface area (Å²) in [4.78, 5) is 32.4. The van der Waals surface area contributed by atoms with Crippen LogP contribution in [0.1, 0.15) is 23.2 Å². The van der Waals surface area contributed by atoms with Crippen LogP contribution in [0, 0.1) is 10.1 Å². The Bertz CT molecular complexity index is 519. The molecule has 1 aromatic carbocycles. The zero-order valence-corrected chi connectivity index (χ0v) is 10.6. The first-order valence-electron chi connectivity index (χ1n) is 5.43. The van der Waals surface area contributed by atoms with Gasteiger partial charge < -0.3 is 11.1 Å². The van der Waals surface area contributed by atoms with E-state index >= 15 is 0 Å². The molecule has 7 nitrogen and oxygen atoms in total. The molecule has 2 amide bonds. The number of nitro groups is 1. The van der Waals surface area contributed by atoms with Crippen molar-refractivity contribution >= 4 is 29.1 Å². The summed E-state index contributed by atoms with van der Waals surface area (Å²) in [6, 6.07) is 4.10. The van der Waals surface area contributed by atoms with Crippen LogP contribution < -0.4 is 11.1 Å². The standard InChI is InChI=1S/C11H12ClN3O4/c12-8-4-1-3-7(10(8)15(18)19)11(17)14-6-2-5-9(13)16/h1,3-4H,2,5-6H2,(H2,13,16)(H,14,17). The molecule has 0 aromatic heterocycles. The van der Waals surface area contributed by atoms with E-state index in [-0.39, 0.29) is 23.6 Å². The Morgan fingerprint density at radius 3 is 2.68 bits per heavy atom. The first kappa shape index (κ1) is 14.9. The number of rotatable bonds is 6. The molecule has 0 bridgehead atoms. The molecule has 102 valence electrons. The SMILES string of the molecule is NC(=O)CCCNC(=O)c1cccc(Cl)c1[N+](=O)[O-]. The van der Waals surface area contributed by atoms with Crippen LogP contribution in [-0.4, -0.2) is 23.3 Å². The van der Waals surface area contributed by atoms with Crippen LogP contribution in [0.3, 0.4) is 0 Å². The first-order chi connectivity index (χ1) is 8.93. The Hall–Kier alpha value is -2.15. The Balaban J connectivity index is 2.74. The van der Waals surface area contributed by atoms with Gasteiger partial charge >= 0.3 is 5.69 Å². The maximum Gasteiger partial charge on any atom is 0.300 e. The second-order valence-corrected chi connectivity index (χ2v) is 4.13. The van der Waals surface area contributed by atoms with Gasteiger partial charge in [0.15, 0.2) is 0 Å². The number of amides is 2. The van der Waals surface area contributed by atoms with Crippen molar-refractivity contribution in [2.75, 3.05) is 6.54 Å². The van der Waals surface area contributed by atoms with Crippen molar-refractivity contribution in [1.82, 2.24) is 5.32 Å². The number of nitrogens with two attached hydrogens (primary N) is 1. The monoisotopic (exact) mass is 285 g/mol. The van der Waals surface area contributed by atoms with Gasteiger partial charge in [-0.25, -0.2) is 0 Å². The van der Waals surface area contributed by atoms with Gasteiger partial charge in [0, 0.05) is 13.0 Å². The molecule has 19 heavy (non-hydrogen) atoms. The fraction of sp³-hybridized carbons (Fsp3) is 0.273. The van der Waals surface area contributed by atoms with Crippen LogP contribution in [-0.2, 0) is 4.79 Å². The zero-order chi connectivity index (χ0) is 14.4. The van der Waals surface area contributed by atoms with Gasteiger partial charge in [-0.05, 0) is 18.6 Å². The van der Waals surface area contributed by atoms with Gasteiger partial charge in [0.2, 0.25) is 5.91 Å². The highest BCUT2D eigenvalue weighted by Crippen LogP contribution is 2.27. The van der Waals surface area contributed by atoms with E-state index in [9.17, 15) is 19.7 Å². The molecule has 0 aliphatic carbocycles. The van der Waals surface area contributed by atoms with E-state index < -0.39 is 22.4 Å². The molecule has 8 heteroatoms. The first-order valence-corrected chi connectivity index (χ1v) is 5.80. The van der Waals surface area contributed by atoms with Gasteiger partial charge in [-0.3, -0.25) is 19.7 Å². The van der Waals surface area contributed by atoms with Crippen LogP contribution >= 0.6 is 11.6 Å². The van der Waals surface area contributed by atoms with Crippen molar-refractivity contribution in [2.24, 2.45) is 5.73 Å². The number of nitrogens with zero attached hydrogens (tertiary/aromatic N) is 1. The lowest BCUT2D eigenvalue weighted by Crippen LogP contribution is -2.26. The molecule has 0 atom stereocenters. The van der Waals surface area contributed by atoms with Crippen molar-refractivity contribution < 1.29 is 14.5 Å². The summed E-state index contributed by atoms with van der Waals surface area (Å²) in [6.07, 6.45) is 0.507. The predicted molar refractivity (Wildman–Crippen MR) is 68.9 cm³/mol. The summed E-state index contributed by atoms with van der Waals surface area (Å²) in [5.41, 5.74) is 4.40. The summed E-state index contributed by atoms with van der Waals surface area (Å²) in [7, 11) is 0. The normalized spacial score (nSPS) is 9.95. The number of benzene rings is 1. The van der Waals surface area contributed by atoms with Crippen LogP contribution in [0.5, 0.6) is 0 Å². The summed E-state index contributed by atoms with van der Waals surface area (Å²) in [6.45, 7) is 0.200. The minimum absolute atomic E-state index is 0.102. The number of para-hydroxylation sites is 1. The average Bonchev–Trinajstić information content (AvgIpc) is 2.33. The van der Waals surface area contributed by atoms with Gasteiger partial charge in [-0.2, -0.15) is 0 Å². The van der Waals surface area contributed by atoms with E-state index in [1.807, 2.05) is 0 Å². The van der Waals surface area contributed by atoms with E-state index in [2.05, 4.69) is 5.32 Å². The van der Waals surface area contributed by atoms with Crippen molar-refractivity contribution in [3.05, 3.63) is 38.9 Å². The maximum atomic E-state index is 11.8. The van der Waals surface area contributed by atoms with Crippen LogP contribution in [0.15, 0.2) is 18.2 Å². The lowest BCUT2D eigenvalue weighted by molar-refractivity contribution is -0.385. The summed E-state index contributed by atoms with van der Waals surface area (Å²) >= 11 is 5.69. The van der Waals surface area contributed by atoms with Crippen LogP contribution in [0.25, 0.3) is 0 Å². The number of carbonyl (C=O) groups is 2. The van der Waals surface area contributed by atoms with Gasteiger partial charge in [-0.15, -0.1) is 0 Å². The van der Waals surface area contributed by atoms with E-state index in [1.54, 1.807) is 0 Å². The maximum absolute atomic E-state index is 11.8. The molecule has 0 heterocycles. The second kappa shape index (κ2) is 6.69. The molecule has 1 rings (SSSR count). The Morgan fingerprint density at radius 2 is 2.11 bits per heavy atom. The van der Waals surface area contributed by atoms with E-state index in [0.717, 1.165) is 0 Å². The van der Waals surface area contributed by atoms with E-state index in [4.69, 9.17) is 17.3 Å². The van der Waals surface area contributed by atoms with Crippen molar-refractivity contribution in [1.29, 1.82) is 0 Å². The molecule has 0 saturated carbocycles. The summed E-state index contributed by atoms with van der Waals surface area (Å²) < 4.78 is 0. The highest BCUT2D eigenvalue weighted by Gasteiger charge is 2.23. The number of hydrogen-bond acceptors (Lipinski definition) is 4. The molecule has 1 aromatic rings. The van der Waals surface area contributed by atoms with Crippen molar-refractivity contribution in [3.63, 3.8) is 0 Å². The average molecular weight is 286 g/mol. The largest absolute Gasteiger partial charge is 0.370 e. The van der Waals surface area contributed by atoms with Gasteiger partial charge in [-0.1, -0.05) is 17.7 Å². The van der Waals surface area contributed by atoms with Gasteiger partial charge in [0.25, 0.3) is 5.91 Å². The quantitative estimate of drug-likeness (QED) is 0.465. The third-order valence-electron chi connectivity index (χ3n) is 2.30. The second-order valence-electron chi connectivity index (χ2n) is 3.72. The highest BCUT2D eigenvalue weighted by atomic mass is 35.5. The van der Waals surface area contributed by atoms with Crippen LogP contribution in [0.4, 0.5) is 5.69 Å². The molecule has 0 saturated heterocycles. The summed E-state index contributed by atoms with van der Waals surface area (Å²) in [5, 5.41) is 13.2. The fourth-order valence-electron chi connectivity index (χ4n) is 1.44. The number of nitrogens with one attached hydrogen (secondary N) is 1. The lowest BCUT2D eigenvalue weighted by Gasteiger charge is -2.05. The number of hydrogen-bond donors (Lipinski definition) is 2. The molecule has 0 aliphatic heterocycles. The van der Waals surface area contributed by atoms with Gasteiger partial charge in [0.1, 0.15) is 10.6 Å². The molecule has 0 radical (unpaired) electrons. The molecular weight excluding hydrogens is 274 g/mol. The molecule has 0 unspecified atom stereocenters. The van der Waals surface area contributed by atoms with E-state index in [1.165, 1.54) is 18.2 Å². The molecular formula is C11H12ClN3O4. The topological polar surface area (TPSA) is 115 Å². The zero-order valence-electron chi connectivity index (χ0n) is 9.89. The smallest absolute Gasteiger partial charge is 0.300 e. The molecule has 0 fully saturated rings. The number of nitro benzene ring substituents is 1. The minimum atomic E-state index is -0.708. The molecule has 0 spiro atoms. The molecule has 3 N–H and O–H groups in total. The van der Waals surface area contributed by atoms with Crippen molar-refractivity contribution in [2.45, 2.75) is 12.8 Å². The Morgan fingerprint density at radius 1 is 1.42 bits per heavy atom. The van der Waals surface area contributed by atoms with Crippen molar-refractivity contribution in [3.8, 4) is 0 Å². The number of primary amides is 1. The third kappa shape index (κ3) is 4.22. The number of halogens is 1. The van der Waals surface area contributed by atoms with E-state index in [0.29, 0.717) is 6.42 Å². The summed E-state index contributed by atoms with van der Waals surface area (Å²) in [5.74, 6) is -1.08. The van der Waals surface area contributed by atoms with Crippen LogP contribution in [0.2, 0.25) is 5.02 Å². The lowest BCUT2D eigenvalue weighted by atomic mass is 10.1. The fourth-order valence-corrected chi connectivity index (χ4v) is 1.69. The Kier molecular flexibility index (Phi) is 5.25. The van der Waals surface area contributed by atoms with Gasteiger partial charge in [0.05, 0.1) is 4.92 Å². The highest BCUT2D eigenvalue weighted by molar-refractivity contribution is 6.33. The third-order valence-corrected chi connectivity index (χ3v) is 2.60. The minimum Gasteiger partial charge on any atom is -0.370 e. The predicted octanol–water partition coefficient (Wildman–Crippen LogP) is 1.24.